The van der Waals surface area contributed by atoms with E-state index in [9.17, 15) is 0 Å². The van der Waals surface area contributed by atoms with E-state index in [-0.39, 0.29) is 0 Å². The number of nitrogens with zero attached hydrogens (tertiary/aromatic N) is 1. The predicted octanol–water partition coefficient (Wildman–Crippen LogP) is 16.2. The van der Waals surface area contributed by atoms with Crippen LogP contribution in [0.15, 0.2) is 36.5 Å². The molecule has 292 valence electrons. The van der Waals surface area contributed by atoms with Crippen LogP contribution in [-0.2, 0) is 0 Å². The summed E-state index contributed by atoms with van der Waals surface area (Å²) in [6.07, 6.45) is 60.1. The van der Waals surface area contributed by atoms with Crippen LogP contribution in [0.1, 0.15) is 232 Å². The summed E-state index contributed by atoms with van der Waals surface area (Å²) in [7, 11) is 4.47. The second-order valence-corrected chi connectivity index (χ2v) is 16.5. The van der Waals surface area contributed by atoms with Crippen LogP contribution >= 0.6 is 0 Å². The fraction of sp³-hybridized carbons (Fsp3) is 0.854. The van der Waals surface area contributed by atoms with Crippen LogP contribution in [0.5, 0.6) is 0 Å². The number of unbranched alkanes of at least 4 members (excludes halogenated alkanes) is 21. The minimum Gasteiger partial charge on any atom is -0.309 e. The van der Waals surface area contributed by atoms with Gasteiger partial charge in [0.15, 0.2) is 0 Å². The van der Waals surface area contributed by atoms with Crippen molar-refractivity contribution in [3.63, 3.8) is 0 Å². The second-order valence-electron chi connectivity index (χ2n) is 16.5. The smallest absolute Gasteiger partial charge is 0.0169 e. The van der Waals surface area contributed by atoms with Crippen molar-refractivity contribution < 1.29 is 0 Å². The molecule has 0 radical (unpaired) electrons. The van der Waals surface area contributed by atoms with Gasteiger partial charge in [-0.05, 0) is 103 Å². The maximum absolute atomic E-state index is 9.06. The molecule has 1 rings (SSSR count). The Kier molecular flexibility index (Phi) is 34.0. The SMILES string of the molecule is CCCCC/C=C\C/C=C\CCCCCCCCC(CCCCCCCC/C=C\CCCCCCCC)CCC(=N)C1CCCCC1N(C)C. The molecule has 1 saturated carbocycles. The Morgan fingerprint density at radius 1 is 0.520 bits per heavy atom. The molecule has 0 amide bonds. The van der Waals surface area contributed by atoms with E-state index in [0.29, 0.717) is 12.0 Å². The van der Waals surface area contributed by atoms with E-state index >= 15 is 0 Å². The fourth-order valence-corrected chi connectivity index (χ4v) is 8.22. The molecule has 2 nitrogen and oxygen atoms in total. The Labute approximate surface area is 315 Å². The van der Waals surface area contributed by atoms with Gasteiger partial charge in [-0.25, -0.2) is 0 Å². The van der Waals surface area contributed by atoms with Gasteiger partial charge in [-0.1, -0.05) is 185 Å². The summed E-state index contributed by atoms with van der Waals surface area (Å²) in [6.45, 7) is 4.57. The van der Waals surface area contributed by atoms with Gasteiger partial charge < -0.3 is 10.3 Å². The largest absolute Gasteiger partial charge is 0.309 e. The lowest BCUT2D eigenvalue weighted by atomic mass is 9.78. The van der Waals surface area contributed by atoms with E-state index in [1.807, 2.05) is 0 Å². The summed E-state index contributed by atoms with van der Waals surface area (Å²) >= 11 is 0. The van der Waals surface area contributed by atoms with Gasteiger partial charge in [0, 0.05) is 17.7 Å². The molecule has 0 saturated heterocycles. The van der Waals surface area contributed by atoms with Crippen LogP contribution in [0.2, 0.25) is 0 Å². The van der Waals surface area contributed by atoms with Gasteiger partial charge in [-0.3, -0.25) is 0 Å². The number of rotatable bonds is 36. The quantitative estimate of drug-likeness (QED) is 0.0394. The molecule has 50 heavy (non-hydrogen) atoms. The Balaban J connectivity index is 2.25. The third-order valence-corrected chi connectivity index (χ3v) is 11.6. The highest BCUT2D eigenvalue weighted by atomic mass is 15.1. The Bertz CT molecular complexity index is 807. The molecule has 1 fully saturated rings. The molecule has 0 aliphatic heterocycles. The summed E-state index contributed by atoms with van der Waals surface area (Å²) in [6, 6.07) is 0.596. The first-order valence-electron chi connectivity index (χ1n) is 22.8. The van der Waals surface area contributed by atoms with Crippen LogP contribution < -0.4 is 0 Å². The zero-order chi connectivity index (χ0) is 36.2. The van der Waals surface area contributed by atoms with Crippen LogP contribution in [0.4, 0.5) is 0 Å². The first kappa shape index (κ1) is 46.9. The monoisotopic (exact) mass is 695 g/mol. The van der Waals surface area contributed by atoms with Crippen LogP contribution in [0.3, 0.4) is 0 Å². The van der Waals surface area contributed by atoms with Gasteiger partial charge in [0.25, 0.3) is 0 Å². The summed E-state index contributed by atoms with van der Waals surface area (Å²) < 4.78 is 0. The van der Waals surface area contributed by atoms with E-state index in [1.165, 1.54) is 205 Å². The van der Waals surface area contributed by atoms with Gasteiger partial charge in [-0.2, -0.15) is 0 Å². The van der Waals surface area contributed by atoms with Crippen molar-refractivity contribution >= 4 is 5.71 Å². The van der Waals surface area contributed by atoms with Crippen LogP contribution in [0.25, 0.3) is 0 Å². The predicted molar refractivity (Wildman–Crippen MR) is 228 cm³/mol. The molecular formula is C48H90N2. The third-order valence-electron chi connectivity index (χ3n) is 11.6. The molecule has 3 atom stereocenters. The highest BCUT2D eigenvalue weighted by molar-refractivity contribution is 5.84. The molecule has 0 bridgehead atoms. The Morgan fingerprint density at radius 2 is 0.920 bits per heavy atom. The van der Waals surface area contributed by atoms with Crippen molar-refractivity contribution in [1.82, 2.24) is 4.90 Å². The van der Waals surface area contributed by atoms with Crippen LogP contribution in [0, 0.1) is 17.2 Å². The van der Waals surface area contributed by atoms with Crippen LogP contribution in [-0.4, -0.2) is 30.7 Å². The van der Waals surface area contributed by atoms with Gasteiger partial charge >= 0.3 is 0 Å². The van der Waals surface area contributed by atoms with Gasteiger partial charge in [0.1, 0.15) is 0 Å². The normalized spacial score (nSPS) is 17.6. The number of allylic oxidation sites excluding steroid dienone is 6. The highest BCUT2D eigenvalue weighted by Crippen LogP contribution is 2.31. The molecule has 0 aromatic carbocycles. The third kappa shape index (κ3) is 28.4. The summed E-state index contributed by atoms with van der Waals surface area (Å²) in [5, 5.41) is 9.06. The van der Waals surface area contributed by atoms with Crippen molar-refractivity contribution in [2.75, 3.05) is 14.1 Å². The molecule has 1 aliphatic rings. The number of hydrogen-bond acceptors (Lipinski definition) is 2. The average molecular weight is 695 g/mol. The van der Waals surface area contributed by atoms with E-state index in [1.54, 1.807) is 0 Å². The standard InChI is InChI=1S/C48H90N2/c1-5-7-9-11-13-15-17-19-21-23-25-27-29-31-33-35-39-45(43-44-47(49)46-41-37-38-42-48(46)50(3)4)40-36-34-32-30-28-26-24-22-20-18-16-14-12-10-8-6-2/h13,15,19-22,45-46,48-49H,5-12,14,16-18,23-44H2,1-4H3/b15-13-,21-19-,22-20-,49-47?. The highest BCUT2D eigenvalue weighted by Gasteiger charge is 2.29. The molecular weight excluding hydrogens is 605 g/mol. The van der Waals surface area contributed by atoms with Crippen molar-refractivity contribution in [2.45, 2.75) is 238 Å². The van der Waals surface area contributed by atoms with Crippen molar-refractivity contribution in [2.24, 2.45) is 11.8 Å². The lowest BCUT2D eigenvalue weighted by Crippen LogP contribution is -2.41. The lowest BCUT2D eigenvalue weighted by molar-refractivity contribution is 0.192. The minimum absolute atomic E-state index is 0.506. The minimum atomic E-state index is 0.506. The number of hydrogen-bond donors (Lipinski definition) is 1. The molecule has 1 aliphatic carbocycles. The Morgan fingerprint density at radius 3 is 1.42 bits per heavy atom. The topological polar surface area (TPSA) is 27.1 Å². The zero-order valence-electron chi connectivity index (χ0n) is 34.7. The van der Waals surface area contributed by atoms with E-state index in [2.05, 4.69) is 69.3 Å². The lowest BCUT2D eigenvalue weighted by Gasteiger charge is -2.36. The molecule has 1 N–H and O–H groups in total. The second kappa shape index (κ2) is 36.2. The van der Waals surface area contributed by atoms with Gasteiger partial charge in [-0.15, -0.1) is 0 Å². The molecule has 0 spiro atoms. The van der Waals surface area contributed by atoms with Crippen molar-refractivity contribution in [3.05, 3.63) is 36.5 Å². The van der Waals surface area contributed by atoms with Gasteiger partial charge in [0.05, 0.1) is 0 Å². The maximum atomic E-state index is 9.06. The summed E-state index contributed by atoms with van der Waals surface area (Å²) in [5.74, 6) is 1.34. The molecule has 3 unspecified atom stereocenters. The maximum Gasteiger partial charge on any atom is 0.0169 e. The average Bonchev–Trinajstić information content (AvgIpc) is 3.12. The summed E-state index contributed by atoms with van der Waals surface area (Å²) in [4.78, 5) is 2.41. The first-order valence-corrected chi connectivity index (χ1v) is 22.8. The van der Waals surface area contributed by atoms with Crippen molar-refractivity contribution in [3.8, 4) is 0 Å². The first-order chi connectivity index (χ1) is 24.6. The summed E-state index contributed by atoms with van der Waals surface area (Å²) in [5.41, 5.74) is 1.08. The van der Waals surface area contributed by atoms with E-state index < -0.39 is 0 Å². The zero-order valence-corrected chi connectivity index (χ0v) is 34.7. The van der Waals surface area contributed by atoms with Gasteiger partial charge in [0.2, 0.25) is 0 Å². The molecule has 2 heteroatoms. The molecule has 0 aromatic heterocycles. The molecule has 0 heterocycles. The van der Waals surface area contributed by atoms with E-state index in [4.69, 9.17) is 5.41 Å². The van der Waals surface area contributed by atoms with Crippen molar-refractivity contribution in [1.29, 1.82) is 5.41 Å². The van der Waals surface area contributed by atoms with E-state index in [0.717, 1.165) is 24.5 Å². The molecule has 0 aromatic rings. The Hall–Kier alpha value is -1.15. The number of nitrogens with one attached hydrogen (secondary N) is 1. The fourth-order valence-electron chi connectivity index (χ4n) is 8.22.